The van der Waals surface area contributed by atoms with Crippen molar-refractivity contribution < 1.29 is 9.47 Å². The summed E-state index contributed by atoms with van der Waals surface area (Å²) in [5.41, 5.74) is -0.148. The lowest BCUT2D eigenvalue weighted by Gasteiger charge is -2.12. The van der Waals surface area contributed by atoms with Crippen LogP contribution in [0, 0.1) is 0 Å². The number of nitrogens with one attached hydrogen (secondary N) is 1. The van der Waals surface area contributed by atoms with E-state index < -0.39 is 0 Å². The summed E-state index contributed by atoms with van der Waals surface area (Å²) in [7, 11) is 0. The maximum Gasteiger partial charge on any atom is 0.344 e. The molecule has 106 valence electrons. The summed E-state index contributed by atoms with van der Waals surface area (Å²) in [5, 5.41) is 7.37. The van der Waals surface area contributed by atoms with E-state index in [0.29, 0.717) is 12.6 Å². The lowest BCUT2D eigenvalue weighted by Crippen LogP contribution is -2.25. The quantitative estimate of drug-likeness (QED) is 0.818. The van der Waals surface area contributed by atoms with Gasteiger partial charge in [0, 0.05) is 19.0 Å². The van der Waals surface area contributed by atoms with E-state index in [2.05, 4.69) is 10.2 Å². The number of rotatable bonds is 5. The summed E-state index contributed by atoms with van der Waals surface area (Å²) < 4.78 is 12.9. The Morgan fingerprint density at radius 2 is 2.00 bits per heavy atom. The van der Waals surface area contributed by atoms with Crippen LogP contribution in [0.1, 0.15) is 25.7 Å². The van der Waals surface area contributed by atoms with Crippen LogP contribution >= 0.6 is 11.8 Å². The topological polar surface area (TPSA) is 69.1 Å². The fourth-order valence-electron chi connectivity index (χ4n) is 2.51. The van der Waals surface area contributed by atoms with Crippen molar-refractivity contribution >= 4 is 11.8 Å². The summed E-state index contributed by atoms with van der Waals surface area (Å²) in [5.74, 6) is 0.857. The molecule has 2 fully saturated rings. The molecule has 6 nitrogen and oxygen atoms in total. The Kier molecular flexibility index (Phi) is 4.24. The molecule has 7 heteroatoms. The Bertz CT molecular complexity index is 461. The molecule has 19 heavy (non-hydrogen) atoms. The third kappa shape index (κ3) is 3.21. The van der Waals surface area contributed by atoms with Crippen LogP contribution in [0.3, 0.4) is 0 Å². The van der Waals surface area contributed by atoms with Crippen molar-refractivity contribution in [3.63, 3.8) is 0 Å². The minimum absolute atomic E-state index is 0.148. The Balaban J connectivity index is 1.61. The van der Waals surface area contributed by atoms with E-state index in [9.17, 15) is 4.79 Å². The molecule has 0 saturated carbocycles. The Morgan fingerprint density at radius 3 is 2.68 bits per heavy atom. The molecule has 0 aliphatic carbocycles. The summed E-state index contributed by atoms with van der Waals surface area (Å²) in [6, 6.07) is 0. The van der Waals surface area contributed by atoms with Gasteiger partial charge in [0.15, 0.2) is 5.16 Å². The van der Waals surface area contributed by atoms with Crippen LogP contribution in [-0.2, 0) is 16.0 Å². The first kappa shape index (κ1) is 13.2. The molecule has 2 atom stereocenters. The van der Waals surface area contributed by atoms with Gasteiger partial charge in [0.1, 0.15) is 0 Å². The van der Waals surface area contributed by atoms with E-state index in [1.165, 1.54) is 0 Å². The van der Waals surface area contributed by atoms with E-state index >= 15 is 0 Å². The van der Waals surface area contributed by atoms with Gasteiger partial charge in [0.2, 0.25) is 0 Å². The van der Waals surface area contributed by atoms with Crippen molar-refractivity contribution in [3.05, 3.63) is 10.5 Å². The Labute approximate surface area is 115 Å². The zero-order valence-corrected chi connectivity index (χ0v) is 11.7. The van der Waals surface area contributed by atoms with Gasteiger partial charge in [-0.3, -0.25) is 4.57 Å². The van der Waals surface area contributed by atoms with Crippen molar-refractivity contribution in [2.75, 3.05) is 19.0 Å². The van der Waals surface area contributed by atoms with Gasteiger partial charge < -0.3 is 9.47 Å². The molecule has 2 aliphatic heterocycles. The van der Waals surface area contributed by atoms with Crippen molar-refractivity contribution in [2.45, 2.75) is 49.6 Å². The van der Waals surface area contributed by atoms with Crippen LogP contribution in [-0.4, -0.2) is 45.9 Å². The third-order valence-electron chi connectivity index (χ3n) is 3.56. The van der Waals surface area contributed by atoms with Gasteiger partial charge in [0.25, 0.3) is 0 Å². The van der Waals surface area contributed by atoms with Crippen LogP contribution in [0.4, 0.5) is 0 Å². The SMILES string of the molecule is O=c1[nH]nc(SC[C@@H]2CCCO2)n1C[C@@H]1CCCO1. The van der Waals surface area contributed by atoms with Gasteiger partial charge >= 0.3 is 5.69 Å². The predicted octanol–water partition coefficient (Wildman–Crippen LogP) is 1.02. The monoisotopic (exact) mass is 285 g/mol. The number of hydrogen-bond donors (Lipinski definition) is 1. The average molecular weight is 285 g/mol. The lowest BCUT2D eigenvalue weighted by atomic mass is 10.2. The summed E-state index contributed by atoms with van der Waals surface area (Å²) in [6.07, 6.45) is 4.79. The number of hydrogen-bond acceptors (Lipinski definition) is 5. The molecule has 1 N–H and O–H groups in total. The molecule has 0 bridgehead atoms. The fraction of sp³-hybridized carbons (Fsp3) is 0.833. The van der Waals surface area contributed by atoms with E-state index in [0.717, 1.165) is 49.8 Å². The van der Waals surface area contributed by atoms with E-state index in [-0.39, 0.29) is 11.8 Å². The molecular formula is C12H19N3O3S. The van der Waals surface area contributed by atoms with Crippen molar-refractivity contribution in [2.24, 2.45) is 0 Å². The van der Waals surface area contributed by atoms with Gasteiger partial charge in [-0.15, -0.1) is 5.10 Å². The number of aromatic nitrogens is 3. The second kappa shape index (κ2) is 6.11. The lowest BCUT2D eigenvalue weighted by molar-refractivity contribution is 0.0941. The Hall–Kier alpha value is -0.790. The first-order valence-corrected chi connectivity index (χ1v) is 7.82. The van der Waals surface area contributed by atoms with Gasteiger partial charge in [-0.05, 0) is 25.7 Å². The molecular weight excluding hydrogens is 266 g/mol. The van der Waals surface area contributed by atoms with Gasteiger partial charge in [0.05, 0.1) is 18.8 Å². The third-order valence-corrected chi connectivity index (χ3v) is 4.66. The summed E-state index contributed by atoms with van der Waals surface area (Å²) in [6.45, 7) is 2.26. The molecule has 1 aromatic rings. The van der Waals surface area contributed by atoms with Crippen molar-refractivity contribution in [1.82, 2.24) is 14.8 Å². The second-order valence-corrected chi connectivity index (χ2v) is 5.99. The standard InChI is InChI=1S/C12H19N3O3S/c16-11-13-14-12(19-8-10-4-2-6-18-10)15(11)7-9-3-1-5-17-9/h9-10H,1-8H2,(H,13,16)/t9-,10-/m0/s1. The van der Waals surface area contributed by atoms with Gasteiger partial charge in [-0.2, -0.15) is 0 Å². The highest BCUT2D eigenvalue weighted by Gasteiger charge is 2.21. The zero-order valence-electron chi connectivity index (χ0n) is 10.8. The maximum absolute atomic E-state index is 11.8. The first-order chi connectivity index (χ1) is 9.33. The molecule has 3 rings (SSSR count). The highest BCUT2D eigenvalue weighted by Crippen LogP contribution is 2.22. The van der Waals surface area contributed by atoms with E-state index in [4.69, 9.17) is 9.47 Å². The van der Waals surface area contributed by atoms with E-state index in [1.807, 2.05) is 0 Å². The van der Waals surface area contributed by atoms with E-state index in [1.54, 1.807) is 16.3 Å². The molecule has 0 unspecified atom stereocenters. The number of H-pyrrole nitrogens is 1. The number of aromatic amines is 1. The molecule has 1 aromatic heterocycles. The van der Waals surface area contributed by atoms with Crippen LogP contribution < -0.4 is 5.69 Å². The number of ether oxygens (including phenoxy) is 2. The maximum atomic E-state index is 11.8. The molecule has 0 amide bonds. The Morgan fingerprint density at radius 1 is 1.26 bits per heavy atom. The van der Waals surface area contributed by atoms with Crippen molar-refractivity contribution in [1.29, 1.82) is 0 Å². The summed E-state index contributed by atoms with van der Waals surface area (Å²) in [4.78, 5) is 11.8. The smallest absolute Gasteiger partial charge is 0.344 e. The normalized spacial score (nSPS) is 27.2. The molecule has 0 radical (unpaired) electrons. The van der Waals surface area contributed by atoms with Crippen LogP contribution in [0.2, 0.25) is 0 Å². The highest BCUT2D eigenvalue weighted by atomic mass is 32.2. The number of nitrogens with zero attached hydrogens (tertiary/aromatic N) is 2. The molecule has 3 heterocycles. The average Bonchev–Trinajstić information content (AvgIpc) is 3.13. The predicted molar refractivity (Wildman–Crippen MR) is 71.5 cm³/mol. The highest BCUT2D eigenvalue weighted by molar-refractivity contribution is 7.99. The largest absolute Gasteiger partial charge is 0.377 e. The number of thioether (sulfide) groups is 1. The van der Waals surface area contributed by atoms with Crippen LogP contribution in [0.15, 0.2) is 9.95 Å². The minimum Gasteiger partial charge on any atom is -0.377 e. The molecule has 0 aromatic carbocycles. The van der Waals surface area contributed by atoms with Gasteiger partial charge in [-0.25, -0.2) is 9.89 Å². The summed E-state index contributed by atoms with van der Waals surface area (Å²) >= 11 is 1.59. The minimum atomic E-state index is -0.148. The molecule has 0 spiro atoms. The molecule has 2 aliphatic rings. The zero-order chi connectivity index (χ0) is 13.1. The fourth-order valence-corrected chi connectivity index (χ4v) is 3.53. The first-order valence-electron chi connectivity index (χ1n) is 6.84. The molecule has 2 saturated heterocycles. The van der Waals surface area contributed by atoms with Gasteiger partial charge in [-0.1, -0.05) is 11.8 Å². The van der Waals surface area contributed by atoms with Crippen molar-refractivity contribution in [3.8, 4) is 0 Å². The van der Waals surface area contributed by atoms with Crippen LogP contribution in [0.5, 0.6) is 0 Å². The second-order valence-electron chi connectivity index (χ2n) is 5.00. The van der Waals surface area contributed by atoms with Crippen LogP contribution in [0.25, 0.3) is 0 Å².